The summed E-state index contributed by atoms with van der Waals surface area (Å²) in [6, 6.07) is 0. The van der Waals surface area contributed by atoms with E-state index in [0.29, 0.717) is 19.3 Å². The number of ether oxygens (including phenoxy) is 3. The second kappa shape index (κ2) is 61.7. The maximum absolute atomic E-state index is 12.8. The highest BCUT2D eigenvalue weighted by Gasteiger charge is 2.19. The van der Waals surface area contributed by atoms with Gasteiger partial charge < -0.3 is 14.2 Å². The molecule has 0 aliphatic rings. The second-order valence-electron chi connectivity index (χ2n) is 22.4. The molecule has 1 atom stereocenters. The number of unbranched alkanes of at least 4 members (excludes halogenated alkanes) is 48. The number of allylic oxidation sites excluding steroid dienone is 2. The first-order valence-corrected chi connectivity index (χ1v) is 32.7. The van der Waals surface area contributed by atoms with Gasteiger partial charge in [0.25, 0.3) is 0 Å². The van der Waals surface area contributed by atoms with Crippen molar-refractivity contribution in [2.24, 2.45) is 0 Å². The predicted molar refractivity (Wildman–Crippen MR) is 312 cm³/mol. The maximum atomic E-state index is 12.8. The molecule has 0 fully saturated rings. The van der Waals surface area contributed by atoms with Crippen LogP contribution in [0.4, 0.5) is 0 Å². The minimum absolute atomic E-state index is 0.0629. The van der Waals surface area contributed by atoms with Gasteiger partial charge in [0, 0.05) is 19.3 Å². The zero-order valence-corrected chi connectivity index (χ0v) is 49.0. The minimum atomic E-state index is -0.761. The third-order valence-electron chi connectivity index (χ3n) is 15.0. The van der Waals surface area contributed by atoms with Crippen molar-refractivity contribution in [3.8, 4) is 0 Å². The lowest BCUT2D eigenvalue weighted by Gasteiger charge is -2.18. The van der Waals surface area contributed by atoms with E-state index in [0.717, 1.165) is 57.8 Å². The number of hydrogen-bond donors (Lipinski definition) is 0. The van der Waals surface area contributed by atoms with Crippen molar-refractivity contribution in [1.29, 1.82) is 0 Å². The van der Waals surface area contributed by atoms with Crippen molar-refractivity contribution in [3.05, 3.63) is 12.2 Å². The third kappa shape index (κ3) is 59.0. The van der Waals surface area contributed by atoms with E-state index in [1.807, 2.05) is 0 Å². The lowest BCUT2D eigenvalue weighted by atomic mass is 10.0. The molecule has 426 valence electrons. The third-order valence-corrected chi connectivity index (χ3v) is 15.0. The van der Waals surface area contributed by atoms with Crippen LogP contribution in [0, 0.1) is 0 Å². The summed E-state index contributed by atoms with van der Waals surface area (Å²) in [4.78, 5) is 38.0. The Kier molecular flexibility index (Phi) is 60.1. The Morgan fingerprint density at radius 2 is 0.458 bits per heavy atom. The van der Waals surface area contributed by atoms with E-state index < -0.39 is 6.10 Å². The molecule has 6 heteroatoms. The average Bonchev–Trinajstić information content (AvgIpc) is 3.38. The molecule has 0 amide bonds. The van der Waals surface area contributed by atoms with Gasteiger partial charge in [0.15, 0.2) is 6.10 Å². The lowest BCUT2D eigenvalue weighted by Crippen LogP contribution is -2.30. The summed E-state index contributed by atoms with van der Waals surface area (Å²) in [7, 11) is 0. The molecule has 0 aliphatic heterocycles. The zero-order chi connectivity index (χ0) is 52.2. The Balaban J connectivity index is 3.93. The van der Waals surface area contributed by atoms with E-state index in [-0.39, 0.29) is 31.1 Å². The predicted octanol–water partition coefficient (Wildman–Crippen LogP) is 22.1. The molecule has 0 aromatic heterocycles. The highest BCUT2D eigenvalue weighted by Crippen LogP contribution is 2.18. The van der Waals surface area contributed by atoms with Crippen molar-refractivity contribution < 1.29 is 28.6 Å². The van der Waals surface area contributed by atoms with E-state index in [4.69, 9.17) is 14.2 Å². The van der Waals surface area contributed by atoms with Crippen LogP contribution >= 0.6 is 0 Å². The molecule has 0 bridgehead atoms. The monoisotopic (exact) mass is 1010 g/mol. The largest absolute Gasteiger partial charge is 0.462 e. The first-order valence-electron chi connectivity index (χ1n) is 32.7. The van der Waals surface area contributed by atoms with Crippen LogP contribution in [-0.2, 0) is 28.6 Å². The fourth-order valence-corrected chi connectivity index (χ4v) is 10.1. The molecule has 0 radical (unpaired) electrons. The normalized spacial score (nSPS) is 12.0. The molecule has 0 heterocycles. The molecule has 0 saturated heterocycles. The van der Waals surface area contributed by atoms with Gasteiger partial charge in [-0.25, -0.2) is 0 Å². The average molecular weight is 1020 g/mol. The van der Waals surface area contributed by atoms with E-state index in [9.17, 15) is 14.4 Å². The number of carbonyl (C=O) groups excluding carboxylic acids is 3. The molecule has 1 unspecified atom stereocenters. The molecule has 0 rings (SSSR count). The molecule has 0 aromatic rings. The Hall–Kier alpha value is -1.85. The van der Waals surface area contributed by atoms with E-state index in [1.165, 1.54) is 276 Å². The molecule has 0 spiro atoms. The number of rotatable bonds is 61. The summed E-state index contributed by atoms with van der Waals surface area (Å²) in [6.45, 7) is 6.67. The molecular formula is C66H126O6. The summed E-state index contributed by atoms with van der Waals surface area (Å²) in [5.41, 5.74) is 0. The van der Waals surface area contributed by atoms with Gasteiger partial charge in [-0.3, -0.25) is 14.4 Å². The van der Waals surface area contributed by atoms with Gasteiger partial charge in [-0.15, -0.1) is 0 Å². The zero-order valence-electron chi connectivity index (χ0n) is 49.0. The summed E-state index contributed by atoms with van der Waals surface area (Å²) < 4.78 is 16.8. The van der Waals surface area contributed by atoms with Gasteiger partial charge in [-0.2, -0.15) is 0 Å². The van der Waals surface area contributed by atoms with Crippen LogP contribution in [0.1, 0.15) is 374 Å². The van der Waals surface area contributed by atoms with Gasteiger partial charge in [-0.05, 0) is 44.9 Å². The topological polar surface area (TPSA) is 78.9 Å². The molecular weight excluding hydrogens is 889 g/mol. The fourth-order valence-electron chi connectivity index (χ4n) is 10.1. The highest BCUT2D eigenvalue weighted by molar-refractivity contribution is 5.71. The summed E-state index contributed by atoms with van der Waals surface area (Å²) >= 11 is 0. The molecule has 6 nitrogen and oxygen atoms in total. The molecule has 0 saturated carbocycles. The fraction of sp³-hybridized carbons (Fsp3) is 0.924. The Morgan fingerprint density at radius 1 is 0.264 bits per heavy atom. The minimum Gasteiger partial charge on any atom is -0.462 e. The van der Waals surface area contributed by atoms with Gasteiger partial charge in [0.1, 0.15) is 13.2 Å². The standard InChI is InChI=1S/C66H126O6/c1-4-7-10-13-16-19-21-23-24-25-26-27-28-29-30-31-32-33-34-35-36-37-38-39-40-41-42-43-45-47-50-53-56-59-65(68)71-62-63(61-70-64(67)58-55-52-49-46-18-15-12-9-6-3)72-66(69)60-57-54-51-48-44-22-20-17-14-11-8-5-2/h25-26,63H,4-24,27-62H2,1-3H3/b26-25-. The van der Waals surface area contributed by atoms with Crippen LogP contribution in [0.5, 0.6) is 0 Å². The van der Waals surface area contributed by atoms with E-state index >= 15 is 0 Å². The maximum Gasteiger partial charge on any atom is 0.306 e. The van der Waals surface area contributed by atoms with Crippen LogP contribution in [0.2, 0.25) is 0 Å². The Bertz CT molecular complexity index is 1120. The summed E-state index contributed by atoms with van der Waals surface area (Å²) in [5, 5.41) is 0. The quantitative estimate of drug-likeness (QED) is 0.0261. The SMILES string of the molecule is CCCCCCCCCC/C=C\CCCCCCCCCCCCCCCCCCCCCCCC(=O)OCC(COC(=O)CCCCCCCCCCC)OC(=O)CCCCCCCCCCCCCC. The van der Waals surface area contributed by atoms with Crippen molar-refractivity contribution in [2.75, 3.05) is 13.2 Å². The molecule has 0 aliphatic carbocycles. The van der Waals surface area contributed by atoms with Gasteiger partial charge in [0.2, 0.25) is 0 Å². The molecule has 0 aromatic carbocycles. The molecule has 72 heavy (non-hydrogen) atoms. The highest BCUT2D eigenvalue weighted by atomic mass is 16.6. The van der Waals surface area contributed by atoms with E-state index in [1.54, 1.807) is 0 Å². The summed E-state index contributed by atoms with van der Waals surface area (Å²) in [5.74, 6) is -0.841. The Labute approximate surface area is 450 Å². The lowest BCUT2D eigenvalue weighted by molar-refractivity contribution is -0.167. The van der Waals surface area contributed by atoms with Gasteiger partial charge in [-0.1, -0.05) is 322 Å². The Morgan fingerprint density at radius 3 is 0.694 bits per heavy atom. The van der Waals surface area contributed by atoms with Crippen molar-refractivity contribution in [3.63, 3.8) is 0 Å². The smallest absolute Gasteiger partial charge is 0.306 e. The second-order valence-corrected chi connectivity index (χ2v) is 22.4. The van der Waals surface area contributed by atoms with Crippen molar-refractivity contribution in [1.82, 2.24) is 0 Å². The van der Waals surface area contributed by atoms with Crippen molar-refractivity contribution in [2.45, 2.75) is 380 Å². The van der Waals surface area contributed by atoms with Crippen LogP contribution in [0.3, 0.4) is 0 Å². The van der Waals surface area contributed by atoms with Crippen molar-refractivity contribution >= 4 is 17.9 Å². The molecule has 0 N–H and O–H groups in total. The van der Waals surface area contributed by atoms with Gasteiger partial charge in [0.05, 0.1) is 0 Å². The van der Waals surface area contributed by atoms with Crippen LogP contribution in [-0.4, -0.2) is 37.2 Å². The van der Waals surface area contributed by atoms with Crippen LogP contribution in [0.25, 0.3) is 0 Å². The van der Waals surface area contributed by atoms with E-state index in [2.05, 4.69) is 32.9 Å². The van der Waals surface area contributed by atoms with Crippen LogP contribution < -0.4 is 0 Å². The number of esters is 3. The summed E-state index contributed by atoms with van der Waals surface area (Å²) in [6.07, 6.45) is 72.6. The van der Waals surface area contributed by atoms with Gasteiger partial charge >= 0.3 is 17.9 Å². The first-order chi connectivity index (χ1) is 35.5. The van der Waals surface area contributed by atoms with Crippen LogP contribution in [0.15, 0.2) is 12.2 Å². The number of hydrogen-bond acceptors (Lipinski definition) is 6. The first kappa shape index (κ1) is 70.1. The number of carbonyl (C=O) groups is 3.